The Morgan fingerprint density at radius 1 is 1.00 bits per heavy atom. The molecule has 2 aliphatic rings. The number of piperidine rings is 1. The number of fused-ring (bicyclic) bond motifs is 1. The Morgan fingerprint density at radius 3 is 2.38 bits per heavy atom. The lowest BCUT2D eigenvalue weighted by atomic mass is 10.0. The Hall–Kier alpha value is -1.34. The fourth-order valence-corrected chi connectivity index (χ4v) is 2.79. The summed E-state index contributed by atoms with van der Waals surface area (Å²) >= 11 is 0. The smallest absolute Gasteiger partial charge is 0.161 e. The second-order valence-corrected chi connectivity index (χ2v) is 5.61. The Bertz CT molecular complexity index is 483. The molecular weight excluding hydrogens is 274 g/mol. The normalized spacial score (nSPS) is 29.4. The van der Waals surface area contributed by atoms with E-state index in [-0.39, 0.29) is 0 Å². The zero-order chi connectivity index (χ0) is 14.8. The quantitative estimate of drug-likeness (QED) is 0.691. The van der Waals surface area contributed by atoms with Crippen LogP contribution in [-0.4, -0.2) is 71.4 Å². The van der Waals surface area contributed by atoms with Crippen molar-refractivity contribution in [3.8, 4) is 11.5 Å². The van der Waals surface area contributed by atoms with E-state index < -0.39 is 18.3 Å². The van der Waals surface area contributed by atoms with Crippen molar-refractivity contribution in [1.29, 1.82) is 0 Å². The Labute approximate surface area is 123 Å². The second kappa shape index (κ2) is 6.19. The molecule has 0 unspecified atom stereocenters. The molecule has 6 nitrogen and oxygen atoms in total. The highest BCUT2D eigenvalue weighted by Gasteiger charge is 2.32. The number of likely N-dealkylation sites (tertiary alicyclic amines) is 1. The lowest BCUT2D eigenvalue weighted by Gasteiger charge is -2.36. The summed E-state index contributed by atoms with van der Waals surface area (Å²) in [4.78, 5) is 1.96. The maximum absolute atomic E-state index is 9.69. The van der Waals surface area contributed by atoms with Crippen LogP contribution in [0.25, 0.3) is 0 Å². The molecule has 0 radical (unpaired) electrons. The van der Waals surface area contributed by atoms with E-state index >= 15 is 0 Å². The predicted octanol–water partition coefficient (Wildman–Crippen LogP) is -0.601. The standard InChI is InChI=1S/C15H21NO5/c17-11-8-16(9-12(18)15(11)19)4-3-10-1-2-13-14(7-10)21-6-5-20-13/h1-2,7,11-12,15,17-19H,3-6,8-9H2/t11-,12+,15+. The Balaban J connectivity index is 1.58. The molecule has 0 aliphatic carbocycles. The summed E-state index contributed by atoms with van der Waals surface area (Å²) in [5.74, 6) is 1.55. The van der Waals surface area contributed by atoms with Crippen molar-refractivity contribution in [3.05, 3.63) is 23.8 Å². The van der Waals surface area contributed by atoms with Crippen LogP contribution in [0.5, 0.6) is 11.5 Å². The number of benzene rings is 1. The van der Waals surface area contributed by atoms with Crippen molar-refractivity contribution in [2.75, 3.05) is 32.8 Å². The monoisotopic (exact) mass is 295 g/mol. The number of ether oxygens (including phenoxy) is 2. The minimum atomic E-state index is -1.05. The van der Waals surface area contributed by atoms with Crippen molar-refractivity contribution in [2.45, 2.75) is 24.7 Å². The molecule has 6 heteroatoms. The third-order valence-electron chi connectivity index (χ3n) is 4.00. The minimum Gasteiger partial charge on any atom is -0.486 e. The molecule has 3 N–H and O–H groups in total. The minimum absolute atomic E-state index is 0.378. The summed E-state index contributed by atoms with van der Waals surface area (Å²) in [7, 11) is 0. The van der Waals surface area contributed by atoms with Crippen LogP contribution in [0.1, 0.15) is 5.56 Å². The van der Waals surface area contributed by atoms with Gasteiger partial charge in [-0.1, -0.05) is 6.07 Å². The summed E-state index contributed by atoms with van der Waals surface area (Å²) in [6.07, 6.45) is -2.05. The molecular formula is C15H21NO5. The van der Waals surface area contributed by atoms with Crippen LogP contribution in [0.4, 0.5) is 0 Å². The number of β-amino-alcohol motifs (C(OH)–C–C–N with tert-alkyl or cyclic N) is 2. The van der Waals surface area contributed by atoms with Gasteiger partial charge in [0, 0.05) is 19.6 Å². The van der Waals surface area contributed by atoms with Gasteiger partial charge in [-0.15, -0.1) is 0 Å². The van der Waals surface area contributed by atoms with Crippen molar-refractivity contribution in [2.24, 2.45) is 0 Å². The van der Waals surface area contributed by atoms with Crippen LogP contribution in [0.3, 0.4) is 0 Å². The molecule has 0 bridgehead atoms. The molecule has 2 heterocycles. The average molecular weight is 295 g/mol. The highest BCUT2D eigenvalue weighted by Crippen LogP contribution is 2.30. The maximum Gasteiger partial charge on any atom is 0.161 e. The highest BCUT2D eigenvalue weighted by molar-refractivity contribution is 5.43. The Morgan fingerprint density at radius 2 is 1.67 bits per heavy atom. The van der Waals surface area contributed by atoms with E-state index in [9.17, 15) is 15.3 Å². The van der Waals surface area contributed by atoms with Gasteiger partial charge >= 0.3 is 0 Å². The first-order valence-corrected chi connectivity index (χ1v) is 7.28. The third kappa shape index (κ3) is 3.29. The lowest BCUT2D eigenvalue weighted by Crippen LogP contribution is -2.55. The number of hydrogen-bond acceptors (Lipinski definition) is 6. The summed E-state index contributed by atoms with van der Waals surface area (Å²) in [6.45, 7) is 2.61. The van der Waals surface area contributed by atoms with Crippen LogP contribution in [-0.2, 0) is 6.42 Å². The van der Waals surface area contributed by atoms with E-state index in [1.54, 1.807) is 0 Å². The molecule has 0 aromatic heterocycles. The van der Waals surface area contributed by atoms with Crippen LogP contribution in [0, 0.1) is 0 Å². The van der Waals surface area contributed by atoms with Gasteiger partial charge in [0.25, 0.3) is 0 Å². The fraction of sp³-hybridized carbons (Fsp3) is 0.600. The molecule has 1 saturated heterocycles. The molecule has 1 aromatic rings. The van der Waals surface area contributed by atoms with E-state index in [2.05, 4.69) is 0 Å². The summed E-state index contributed by atoms with van der Waals surface area (Å²) in [5, 5.41) is 28.9. The largest absolute Gasteiger partial charge is 0.486 e. The van der Waals surface area contributed by atoms with Gasteiger partial charge in [-0.05, 0) is 24.1 Å². The van der Waals surface area contributed by atoms with Crippen molar-refractivity contribution < 1.29 is 24.8 Å². The number of rotatable bonds is 3. The molecule has 0 spiro atoms. The number of nitrogens with zero attached hydrogens (tertiary/aromatic N) is 1. The van der Waals surface area contributed by atoms with Gasteiger partial charge in [-0.2, -0.15) is 0 Å². The van der Waals surface area contributed by atoms with E-state index in [1.807, 2.05) is 23.1 Å². The second-order valence-electron chi connectivity index (χ2n) is 5.61. The molecule has 3 rings (SSSR count). The predicted molar refractivity (Wildman–Crippen MR) is 75.6 cm³/mol. The lowest BCUT2D eigenvalue weighted by molar-refractivity contribution is -0.109. The molecule has 1 fully saturated rings. The molecule has 0 saturated carbocycles. The van der Waals surface area contributed by atoms with Crippen LogP contribution >= 0.6 is 0 Å². The number of aliphatic hydroxyl groups excluding tert-OH is 3. The van der Waals surface area contributed by atoms with Crippen LogP contribution in [0.2, 0.25) is 0 Å². The third-order valence-corrected chi connectivity index (χ3v) is 4.00. The molecule has 2 aliphatic heterocycles. The van der Waals surface area contributed by atoms with Gasteiger partial charge in [0.15, 0.2) is 11.5 Å². The van der Waals surface area contributed by atoms with Crippen LogP contribution < -0.4 is 9.47 Å². The molecule has 116 valence electrons. The van der Waals surface area contributed by atoms with Gasteiger partial charge in [0.1, 0.15) is 19.3 Å². The van der Waals surface area contributed by atoms with E-state index in [1.165, 1.54) is 0 Å². The highest BCUT2D eigenvalue weighted by atomic mass is 16.6. The summed E-state index contributed by atoms with van der Waals surface area (Å²) < 4.78 is 11.0. The maximum atomic E-state index is 9.69. The molecule has 0 amide bonds. The summed E-state index contributed by atoms with van der Waals surface area (Å²) in [5.41, 5.74) is 1.12. The van der Waals surface area contributed by atoms with E-state index in [0.717, 1.165) is 23.5 Å². The van der Waals surface area contributed by atoms with Gasteiger partial charge in [0.2, 0.25) is 0 Å². The van der Waals surface area contributed by atoms with E-state index in [4.69, 9.17) is 9.47 Å². The average Bonchev–Trinajstić information content (AvgIpc) is 2.50. The topological polar surface area (TPSA) is 82.4 Å². The van der Waals surface area contributed by atoms with Crippen LogP contribution in [0.15, 0.2) is 18.2 Å². The van der Waals surface area contributed by atoms with Gasteiger partial charge in [0.05, 0.1) is 12.2 Å². The zero-order valence-electron chi connectivity index (χ0n) is 11.8. The zero-order valence-corrected chi connectivity index (χ0v) is 11.8. The van der Waals surface area contributed by atoms with E-state index in [0.29, 0.717) is 32.8 Å². The van der Waals surface area contributed by atoms with Gasteiger partial charge in [-0.3, -0.25) is 4.90 Å². The molecule has 3 atom stereocenters. The van der Waals surface area contributed by atoms with Gasteiger partial charge < -0.3 is 24.8 Å². The SMILES string of the molecule is O[C@H]1[C@H](O)CN(CCc2ccc3c(c2)OCCO3)C[C@@H]1O. The first-order valence-electron chi connectivity index (χ1n) is 7.28. The fourth-order valence-electron chi connectivity index (χ4n) is 2.79. The Kier molecular flexibility index (Phi) is 4.30. The molecule has 21 heavy (non-hydrogen) atoms. The first kappa shape index (κ1) is 14.6. The first-order chi connectivity index (χ1) is 10.1. The van der Waals surface area contributed by atoms with Crippen molar-refractivity contribution in [1.82, 2.24) is 4.90 Å². The summed E-state index contributed by atoms with van der Waals surface area (Å²) in [6, 6.07) is 5.88. The van der Waals surface area contributed by atoms with Crippen molar-refractivity contribution in [3.63, 3.8) is 0 Å². The number of aliphatic hydroxyl groups is 3. The molecule has 1 aromatic carbocycles. The van der Waals surface area contributed by atoms with Crippen molar-refractivity contribution >= 4 is 0 Å². The number of hydrogen-bond donors (Lipinski definition) is 3. The van der Waals surface area contributed by atoms with Gasteiger partial charge in [-0.25, -0.2) is 0 Å².